The molecule has 5 heteroatoms. The van der Waals surface area contributed by atoms with E-state index in [2.05, 4.69) is 16.8 Å². The van der Waals surface area contributed by atoms with Gasteiger partial charge in [0.2, 0.25) is 0 Å². The summed E-state index contributed by atoms with van der Waals surface area (Å²) >= 11 is 0. The van der Waals surface area contributed by atoms with Crippen LogP contribution >= 0.6 is 0 Å². The zero-order valence-electron chi connectivity index (χ0n) is 12.9. The first kappa shape index (κ1) is 16.2. The molecule has 0 unspecified atom stereocenters. The molecule has 1 fully saturated rings. The van der Waals surface area contributed by atoms with Gasteiger partial charge in [0.15, 0.2) is 0 Å². The van der Waals surface area contributed by atoms with Gasteiger partial charge in [-0.15, -0.1) is 0 Å². The van der Waals surface area contributed by atoms with Crippen molar-refractivity contribution in [2.24, 2.45) is 0 Å². The topological polar surface area (TPSA) is 15.7 Å². The lowest BCUT2D eigenvalue weighted by molar-refractivity contribution is 0.153. The Kier molecular flexibility index (Phi) is 5.94. The molecule has 0 aromatic heterocycles. The minimum atomic E-state index is -0.503. The van der Waals surface area contributed by atoms with E-state index in [9.17, 15) is 8.78 Å². The molecule has 3 nitrogen and oxygen atoms in total. The lowest BCUT2D eigenvalue weighted by Gasteiger charge is -2.32. The van der Waals surface area contributed by atoms with Crippen LogP contribution in [0.25, 0.3) is 0 Å². The van der Waals surface area contributed by atoms with E-state index in [-0.39, 0.29) is 11.3 Å². The molecule has 0 amide bonds. The summed E-state index contributed by atoms with van der Waals surface area (Å²) in [4.78, 5) is 4.65. The van der Waals surface area contributed by atoms with E-state index >= 15 is 0 Å². The van der Waals surface area contributed by atoms with E-state index in [4.69, 9.17) is 4.74 Å². The summed E-state index contributed by atoms with van der Waals surface area (Å²) in [5.74, 6) is -0.746. The van der Waals surface area contributed by atoms with Crippen molar-refractivity contribution in [3.8, 4) is 5.75 Å². The van der Waals surface area contributed by atoms with E-state index in [1.165, 1.54) is 12.1 Å². The minimum absolute atomic E-state index is 0.174. The number of benzene rings is 1. The lowest BCUT2D eigenvalue weighted by Crippen LogP contribution is -2.44. The van der Waals surface area contributed by atoms with Crippen LogP contribution in [0.15, 0.2) is 12.1 Å². The molecule has 0 N–H and O–H groups in total. The van der Waals surface area contributed by atoms with E-state index in [1.807, 2.05) is 0 Å². The van der Waals surface area contributed by atoms with Crippen LogP contribution in [0.1, 0.15) is 18.9 Å². The summed E-state index contributed by atoms with van der Waals surface area (Å²) in [5.41, 5.74) is 0.174. The third-order valence-corrected chi connectivity index (χ3v) is 3.92. The number of rotatable bonds is 6. The maximum atomic E-state index is 13.9. The van der Waals surface area contributed by atoms with Gasteiger partial charge in [0.05, 0.1) is 6.61 Å². The zero-order chi connectivity index (χ0) is 15.2. The number of ether oxygens (including phenoxy) is 1. The molecule has 118 valence electrons. The van der Waals surface area contributed by atoms with Gasteiger partial charge in [-0.3, -0.25) is 0 Å². The molecule has 1 aliphatic heterocycles. The Morgan fingerprint density at radius 3 is 2.29 bits per heavy atom. The highest BCUT2D eigenvalue weighted by molar-refractivity contribution is 5.30. The van der Waals surface area contributed by atoms with Crippen LogP contribution in [0.2, 0.25) is 0 Å². The van der Waals surface area contributed by atoms with Crippen LogP contribution in [0.5, 0.6) is 5.75 Å². The van der Waals surface area contributed by atoms with Crippen molar-refractivity contribution in [2.75, 3.05) is 46.4 Å². The smallest absolute Gasteiger partial charge is 0.133 e. The third-order valence-electron chi connectivity index (χ3n) is 3.92. The molecular formula is C16H24F2N2O. The molecule has 0 bridgehead atoms. The monoisotopic (exact) mass is 298 g/mol. The molecule has 1 aromatic carbocycles. The lowest BCUT2D eigenvalue weighted by atomic mass is 10.1. The fourth-order valence-corrected chi connectivity index (χ4v) is 2.62. The normalized spacial score (nSPS) is 17.1. The Morgan fingerprint density at radius 1 is 1.10 bits per heavy atom. The van der Waals surface area contributed by atoms with Crippen LogP contribution in [0, 0.1) is 11.6 Å². The number of likely N-dealkylation sites (N-methyl/N-ethyl adjacent to an activating group) is 1. The first-order chi connectivity index (χ1) is 10.1. The molecule has 21 heavy (non-hydrogen) atoms. The number of nitrogens with zero attached hydrogens (tertiary/aromatic N) is 2. The standard InChI is InChI=1S/C16H24F2N2O/c1-3-21-13-11-15(17)14(16(18)12-13)5-4-6-20-9-7-19(2)8-10-20/h11-12H,3-10H2,1-2H3. The minimum Gasteiger partial charge on any atom is -0.494 e. The molecule has 0 atom stereocenters. The second-order valence-electron chi connectivity index (χ2n) is 5.55. The maximum Gasteiger partial charge on any atom is 0.133 e. The van der Waals surface area contributed by atoms with Crippen molar-refractivity contribution in [1.82, 2.24) is 9.80 Å². The Hall–Kier alpha value is -1.20. The summed E-state index contributed by atoms with van der Waals surface area (Å²) in [6, 6.07) is 2.55. The Morgan fingerprint density at radius 2 is 1.71 bits per heavy atom. The quantitative estimate of drug-likeness (QED) is 0.803. The third kappa shape index (κ3) is 4.64. The first-order valence-corrected chi connectivity index (χ1v) is 7.61. The van der Waals surface area contributed by atoms with Gasteiger partial charge in [-0.1, -0.05) is 0 Å². The molecule has 2 rings (SSSR count). The van der Waals surface area contributed by atoms with E-state index in [0.29, 0.717) is 13.0 Å². The molecule has 0 spiro atoms. The molecule has 1 aromatic rings. The van der Waals surface area contributed by atoms with Gasteiger partial charge in [-0.05, 0) is 33.4 Å². The van der Waals surface area contributed by atoms with Gasteiger partial charge >= 0.3 is 0 Å². The van der Waals surface area contributed by atoms with Crippen molar-refractivity contribution < 1.29 is 13.5 Å². The number of halogens is 2. The van der Waals surface area contributed by atoms with Crippen molar-refractivity contribution in [3.05, 3.63) is 29.3 Å². The summed E-state index contributed by atoms with van der Waals surface area (Å²) < 4.78 is 33.0. The van der Waals surface area contributed by atoms with E-state index in [1.54, 1.807) is 6.92 Å². The SMILES string of the molecule is CCOc1cc(F)c(CCCN2CCN(C)CC2)c(F)c1. The van der Waals surface area contributed by atoms with Crippen molar-refractivity contribution in [2.45, 2.75) is 19.8 Å². The molecule has 1 saturated heterocycles. The highest BCUT2D eigenvalue weighted by Crippen LogP contribution is 2.22. The predicted molar refractivity (Wildman–Crippen MR) is 79.8 cm³/mol. The van der Waals surface area contributed by atoms with Gasteiger partial charge in [0, 0.05) is 43.9 Å². The largest absolute Gasteiger partial charge is 0.494 e. The molecule has 0 radical (unpaired) electrons. The maximum absolute atomic E-state index is 13.9. The Balaban J connectivity index is 1.85. The zero-order valence-corrected chi connectivity index (χ0v) is 12.9. The number of hydrogen-bond donors (Lipinski definition) is 0. The van der Waals surface area contributed by atoms with Crippen LogP contribution in [-0.2, 0) is 6.42 Å². The molecule has 1 aliphatic rings. The van der Waals surface area contributed by atoms with Gasteiger partial charge < -0.3 is 14.5 Å². The second-order valence-corrected chi connectivity index (χ2v) is 5.55. The van der Waals surface area contributed by atoms with Crippen LogP contribution in [-0.4, -0.2) is 56.2 Å². The van der Waals surface area contributed by atoms with Gasteiger partial charge in [-0.25, -0.2) is 8.78 Å². The summed E-state index contributed by atoms with van der Waals surface area (Å²) in [6.07, 6.45) is 1.20. The predicted octanol–water partition coefficient (Wildman–Crippen LogP) is 2.54. The summed E-state index contributed by atoms with van der Waals surface area (Å²) in [5, 5.41) is 0. The molecule has 0 aliphatic carbocycles. The van der Waals surface area contributed by atoms with Crippen molar-refractivity contribution in [1.29, 1.82) is 0 Å². The number of piperazine rings is 1. The average molecular weight is 298 g/mol. The van der Waals surface area contributed by atoms with Gasteiger partial charge in [0.25, 0.3) is 0 Å². The fourth-order valence-electron chi connectivity index (χ4n) is 2.62. The first-order valence-electron chi connectivity index (χ1n) is 7.61. The Labute approximate surface area is 125 Å². The molecule has 1 heterocycles. The Bertz CT molecular complexity index is 437. The van der Waals surface area contributed by atoms with E-state index < -0.39 is 11.6 Å². The van der Waals surface area contributed by atoms with Crippen LogP contribution < -0.4 is 4.74 Å². The highest BCUT2D eigenvalue weighted by atomic mass is 19.1. The summed E-state index contributed by atoms with van der Waals surface area (Å²) in [7, 11) is 2.11. The average Bonchev–Trinajstić information content (AvgIpc) is 2.44. The van der Waals surface area contributed by atoms with Gasteiger partial charge in [0.1, 0.15) is 17.4 Å². The van der Waals surface area contributed by atoms with Crippen molar-refractivity contribution >= 4 is 0 Å². The molecule has 0 saturated carbocycles. The molecular weight excluding hydrogens is 274 g/mol. The van der Waals surface area contributed by atoms with E-state index in [0.717, 1.165) is 39.1 Å². The van der Waals surface area contributed by atoms with Crippen molar-refractivity contribution in [3.63, 3.8) is 0 Å². The number of hydrogen-bond acceptors (Lipinski definition) is 3. The second kappa shape index (κ2) is 7.71. The fraction of sp³-hybridized carbons (Fsp3) is 0.625. The highest BCUT2D eigenvalue weighted by Gasteiger charge is 2.15. The van der Waals surface area contributed by atoms with Gasteiger partial charge in [-0.2, -0.15) is 0 Å². The summed E-state index contributed by atoms with van der Waals surface area (Å²) in [6.45, 7) is 7.27. The van der Waals surface area contributed by atoms with Crippen LogP contribution in [0.3, 0.4) is 0 Å². The van der Waals surface area contributed by atoms with Crippen LogP contribution in [0.4, 0.5) is 8.78 Å².